The van der Waals surface area contributed by atoms with Gasteiger partial charge in [0.25, 0.3) is 0 Å². The first-order valence-electron chi connectivity index (χ1n) is 9.81. The lowest BCUT2D eigenvalue weighted by atomic mass is 10.0. The third-order valence-electron chi connectivity index (χ3n) is 4.67. The van der Waals surface area contributed by atoms with Gasteiger partial charge in [-0.2, -0.15) is 0 Å². The van der Waals surface area contributed by atoms with Crippen LogP contribution in [-0.4, -0.2) is 18.1 Å². The normalized spacial score (nSPS) is 11.2. The predicted molar refractivity (Wildman–Crippen MR) is 125 cm³/mol. The number of ether oxygens (including phenoxy) is 2. The summed E-state index contributed by atoms with van der Waals surface area (Å²) in [5, 5.41) is 2.82. The Kier molecular flexibility index (Phi) is 6.55. The van der Waals surface area contributed by atoms with Crippen molar-refractivity contribution in [3.05, 3.63) is 107 Å². The molecular weight excluding hydrogens is 406 g/mol. The summed E-state index contributed by atoms with van der Waals surface area (Å²) in [6.45, 7) is 0.109. The number of thiazole rings is 1. The Morgan fingerprint density at radius 3 is 2.35 bits per heavy atom. The van der Waals surface area contributed by atoms with Crippen molar-refractivity contribution in [2.45, 2.75) is 6.61 Å². The zero-order chi connectivity index (χ0) is 21.5. The number of methoxy groups -OCH3 is 1. The summed E-state index contributed by atoms with van der Waals surface area (Å²) in [6.07, 6.45) is 1.80. The topological polar surface area (TPSA) is 48.4 Å². The second-order valence-electron chi connectivity index (χ2n) is 6.75. The van der Waals surface area contributed by atoms with Crippen LogP contribution in [0.15, 0.2) is 90.3 Å². The minimum Gasteiger partial charge on any atom is -0.496 e. The molecule has 0 saturated heterocycles. The largest absolute Gasteiger partial charge is 0.496 e. The third-order valence-corrected chi connectivity index (χ3v) is 5.61. The lowest BCUT2D eigenvalue weighted by Gasteiger charge is -2.10. The monoisotopic (exact) mass is 427 g/mol. The summed E-state index contributed by atoms with van der Waals surface area (Å²) in [5.74, 6) is 0.280. The van der Waals surface area contributed by atoms with E-state index in [1.54, 1.807) is 13.2 Å². The van der Waals surface area contributed by atoms with Gasteiger partial charge in [0.1, 0.15) is 17.4 Å². The molecule has 4 nitrogen and oxygen atoms in total. The van der Waals surface area contributed by atoms with Crippen molar-refractivity contribution in [1.82, 2.24) is 4.98 Å². The number of aromatic nitrogens is 1. The number of hydrogen-bond acceptors (Lipinski definition) is 5. The van der Waals surface area contributed by atoms with Crippen LogP contribution in [0.1, 0.15) is 16.8 Å². The van der Waals surface area contributed by atoms with Gasteiger partial charge in [-0.1, -0.05) is 78.9 Å². The van der Waals surface area contributed by atoms with Gasteiger partial charge in [-0.3, -0.25) is 0 Å². The van der Waals surface area contributed by atoms with Gasteiger partial charge in [-0.15, -0.1) is 11.3 Å². The van der Waals surface area contributed by atoms with Gasteiger partial charge >= 0.3 is 5.97 Å². The molecule has 0 radical (unpaired) electrons. The Balaban J connectivity index is 1.56. The summed E-state index contributed by atoms with van der Waals surface area (Å²) >= 11 is 1.53. The van der Waals surface area contributed by atoms with E-state index in [4.69, 9.17) is 9.47 Å². The highest BCUT2D eigenvalue weighted by Gasteiger charge is 2.16. The minimum atomic E-state index is -0.411. The van der Waals surface area contributed by atoms with Gasteiger partial charge in [0.15, 0.2) is 0 Å². The third kappa shape index (κ3) is 5.08. The fourth-order valence-electron chi connectivity index (χ4n) is 3.12. The van der Waals surface area contributed by atoms with E-state index in [2.05, 4.69) is 4.98 Å². The fourth-order valence-corrected chi connectivity index (χ4v) is 3.93. The Bertz CT molecular complexity index is 1180. The molecule has 3 aromatic carbocycles. The van der Waals surface area contributed by atoms with Crippen LogP contribution in [0.25, 0.3) is 22.2 Å². The van der Waals surface area contributed by atoms with Crippen LogP contribution in [0, 0.1) is 0 Å². The molecule has 0 fully saturated rings. The predicted octanol–water partition coefficient (Wildman–Crippen LogP) is 6.10. The highest BCUT2D eigenvalue weighted by molar-refractivity contribution is 7.13. The number of carbonyl (C=O) groups is 1. The average molecular weight is 428 g/mol. The molecule has 4 rings (SSSR count). The maximum absolute atomic E-state index is 13.0. The number of hydrogen-bond donors (Lipinski definition) is 0. The van der Waals surface area contributed by atoms with Crippen LogP contribution in [0.5, 0.6) is 5.75 Å². The quantitative estimate of drug-likeness (QED) is 0.203. The van der Waals surface area contributed by atoms with Crippen molar-refractivity contribution in [2.24, 2.45) is 0 Å². The van der Waals surface area contributed by atoms with Crippen LogP contribution in [-0.2, 0) is 16.1 Å². The van der Waals surface area contributed by atoms with Crippen LogP contribution in [0.3, 0.4) is 0 Å². The van der Waals surface area contributed by atoms with E-state index in [0.717, 1.165) is 27.4 Å². The highest BCUT2D eigenvalue weighted by atomic mass is 32.1. The van der Waals surface area contributed by atoms with E-state index in [1.165, 1.54) is 11.3 Å². The highest BCUT2D eigenvalue weighted by Crippen LogP contribution is 2.27. The van der Waals surface area contributed by atoms with Gasteiger partial charge in [0, 0.05) is 16.5 Å². The van der Waals surface area contributed by atoms with Crippen molar-refractivity contribution in [3.63, 3.8) is 0 Å². The number of esters is 1. The smallest absolute Gasteiger partial charge is 0.339 e. The first-order valence-corrected chi connectivity index (χ1v) is 10.7. The molecule has 0 aliphatic carbocycles. The Morgan fingerprint density at radius 2 is 1.61 bits per heavy atom. The molecule has 154 valence electrons. The van der Waals surface area contributed by atoms with Gasteiger partial charge in [0.05, 0.1) is 18.4 Å². The van der Waals surface area contributed by atoms with Crippen molar-refractivity contribution in [2.75, 3.05) is 7.11 Å². The molecule has 5 heteroatoms. The van der Waals surface area contributed by atoms with E-state index in [-0.39, 0.29) is 6.61 Å². The summed E-state index contributed by atoms with van der Waals surface area (Å²) in [6, 6.07) is 27.0. The van der Waals surface area contributed by atoms with Crippen molar-refractivity contribution in [3.8, 4) is 16.3 Å². The van der Waals surface area contributed by atoms with Crippen LogP contribution < -0.4 is 4.74 Å². The lowest BCUT2D eigenvalue weighted by Crippen LogP contribution is -2.08. The van der Waals surface area contributed by atoms with Crippen molar-refractivity contribution < 1.29 is 14.3 Å². The maximum atomic E-state index is 13.0. The van der Waals surface area contributed by atoms with Gasteiger partial charge < -0.3 is 9.47 Å². The SMILES string of the molecule is COc1ccccc1/C=C(/C(=O)OCc1csc(-c2ccccc2)n1)c1ccccc1. The Morgan fingerprint density at radius 1 is 0.935 bits per heavy atom. The fraction of sp³-hybridized carbons (Fsp3) is 0.0769. The lowest BCUT2D eigenvalue weighted by molar-refractivity contribution is -0.137. The molecule has 0 unspecified atom stereocenters. The molecule has 0 amide bonds. The summed E-state index contributed by atoms with van der Waals surface area (Å²) < 4.78 is 11.1. The molecule has 4 aromatic rings. The Hall–Kier alpha value is -3.70. The number of benzene rings is 3. The molecule has 0 N–H and O–H groups in total. The molecule has 1 heterocycles. The summed E-state index contributed by atoms with van der Waals surface area (Å²) in [5.41, 5.74) is 3.82. The van der Waals surface area contributed by atoms with Crippen LogP contribution in [0.2, 0.25) is 0 Å². The molecule has 0 aliphatic rings. The second-order valence-corrected chi connectivity index (χ2v) is 7.61. The number of carbonyl (C=O) groups excluding carboxylic acids is 1. The molecule has 31 heavy (non-hydrogen) atoms. The van der Waals surface area contributed by atoms with E-state index in [1.807, 2.05) is 90.3 Å². The van der Waals surface area contributed by atoms with E-state index < -0.39 is 5.97 Å². The number of para-hydroxylation sites is 1. The standard InChI is InChI=1S/C26H21NO3S/c1-29-24-15-9-8-14-21(24)16-23(19-10-4-2-5-11-19)26(28)30-17-22-18-31-25(27-22)20-12-6-3-7-13-20/h2-16,18H,17H2,1H3/b23-16+. The Labute approximate surface area is 185 Å². The first kappa shape index (κ1) is 20.6. The van der Waals surface area contributed by atoms with E-state index in [0.29, 0.717) is 11.3 Å². The number of rotatable bonds is 7. The summed E-state index contributed by atoms with van der Waals surface area (Å²) in [4.78, 5) is 17.6. The number of nitrogens with zero attached hydrogens (tertiary/aromatic N) is 1. The average Bonchev–Trinajstić information content (AvgIpc) is 3.31. The molecule has 0 bridgehead atoms. The summed E-state index contributed by atoms with van der Waals surface area (Å²) in [7, 11) is 1.61. The second kappa shape index (κ2) is 9.87. The molecule has 0 aliphatic heterocycles. The zero-order valence-corrected chi connectivity index (χ0v) is 17.8. The molecular formula is C26H21NO3S. The van der Waals surface area contributed by atoms with Crippen LogP contribution in [0.4, 0.5) is 0 Å². The molecule has 0 atom stereocenters. The zero-order valence-electron chi connectivity index (χ0n) is 17.0. The van der Waals surface area contributed by atoms with Gasteiger partial charge in [-0.05, 0) is 17.7 Å². The molecule has 1 aromatic heterocycles. The maximum Gasteiger partial charge on any atom is 0.339 e. The van der Waals surface area contributed by atoms with E-state index >= 15 is 0 Å². The van der Waals surface area contributed by atoms with Crippen LogP contribution >= 0.6 is 11.3 Å². The van der Waals surface area contributed by atoms with Gasteiger partial charge in [-0.25, -0.2) is 9.78 Å². The van der Waals surface area contributed by atoms with Crippen molar-refractivity contribution >= 4 is 29.0 Å². The van der Waals surface area contributed by atoms with Crippen molar-refractivity contribution in [1.29, 1.82) is 0 Å². The molecule has 0 saturated carbocycles. The molecule has 0 spiro atoms. The van der Waals surface area contributed by atoms with Gasteiger partial charge in [0.2, 0.25) is 0 Å². The van der Waals surface area contributed by atoms with E-state index in [9.17, 15) is 4.79 Å². The first-order chi connectivity index (χ1) is 15.2. The minimum absolute atomic E-state index is 0.109.